The van der Waals surface area contributed by atoms with Crippen molar-refractivity contribution in [3.63, 3.8) is 0 Å². The number of carboxylic acids is 3. The van der Waals surface area contributed by atoms with Crippen LogP contribution < -0.4 is 16.8 Å². The van der Waals surface area contributed by atoms with E-state index in [0.29, 0.717) is 31.5 Å². The van der Waals surface area contributed by atoms with Gasteiger partial charge in [-0.25, -0.2) is 14.4 Å². The Balaban J connectivity index is 0.000000776. The van der Waals surface area contributed by atoms with Gasteiger partial charge in [0, 0.05) is 19.5 Å². The summed E-state index contributed by atoms with van der Waals surface area (Å²) in [5.41, 5.74) is 13.6. The molecule has 1 amide bonds. The zero-order chi connectivity index (χ0) is 48.7. The number of carbonyl (C=O) groups is 5. The van der Waals surface area contributed by atoms with Crippen LogP contribution in [0.3, 0.4) is 0 Å². The molecule has 0 spiro atoms. The number of aliphatic carboxylic acids is 3. The summed E-state index contributed by atoms with van der Waals surface area (Å²) < 4.78 is 101. The van der Waals surface area contributed by atoms with E-state index in [9.17, 15) is 49.1 Å². The van der Waals surface area contributed by atoms with Crippen molar-refractivity contribution in [1.29, 1.82) is 0 Å². The standard InChI is InChI=1S/C36H63N3O3.3C2HF3O2/c1-24(2)8-6-9-25(3)30-13-14-31-29-12-11-27-22-28(15-18-35(27,4)32(29)16-19-36(30,31)5)42-33(40)17-21-39-34(41)26(23-38)10-7-20-37;3*3-2(4,5)1(6)7/h11,24-26,28-32H,6-10,12-23,37-38H2,1-5H3,(H,39,41);3*(H,6,7)/t25-,26?,28?,29?,30-,31?,32?,35+,36-;;;/m1.../s1. The van der Waals surface area contributed by atoms with Gasteiger partial charge in [0.25, 0.3) is 0 Å². The van der Waals surface area contributed by atoms with E-state index in [1.54, 1.807) is 5.57 Å². The molecule has 0 bridgehead atoms. The van der Waals surface area contributed by atoms with Gasteiger partial charge in [0.2, 0.25) is 5.91 Å². The Morgan fingerprint density at radius 1 is 0.778 bits per heavy atom. The summed E-state index contributed by atoms with van der Waals surface area (Å²) in [4.78, 5) is 51.7. The molecule has 3 fully saturated rings. The molecule has 366 valence electrons. The average molecular weight is 928 g/mol. The van der Waals surface area contributed by atoms with E-state index in [1.165, 1.54) is 51.4 Å². The number of halogens is 9. The molecule has 3 saturated carbocycles. The number of allylic oxidation sites excluding steroid dienone is 1. The highest BCUT2D eigenvalue weighted by atomic mass is 19.4. The van der Waals surface area contributed by atoms with E-state index < -0.39 is 36.4 Å². The summed E-state index contributed by atoms with van der Waals surface area (Å²) >= 11 is 0. The Bertz CT molecular complexity index is 1480. The van der Waals surface area contributed by atoms with Crippen LogP contribution in [0.2, 0.25) is 0 Å². The third-order valence-electron chi connectivity index (χ3n) is 13.3. The lowest BCUT2D eigenvalue weighted by molar-refractivity contribution is -0.193. The maximum Gasteiger partial charge on any atom is 0.490 e. The number of alkyl halides is 9. The van der Waals surface area contributed by atoms with Crippen LogP contribution in [0.4, 0.5) is 39.5 Å². The SMILES string of the molecule is CC(C)CCC[C@@H](C)[C@H]1CCC2C3CC=C4CC(OC(=O)CCNC(=O)C(CN)CCCN)CC[C@]4(C)C3CC[C@@]21C.O=C(O)C(F)(F)F.O=C(O)C(F)(F)F.O=C(O)C(F)(F)F. The lowest BCUT2D eigenvalue weighted by atomic mass is 9.47. The molecule has 4 aliphatic rings. The largest absolute Gasteiger partial charge is 0.490 e. The first kappa shape index (κ1) is 57.4. The normalized spacial score (nSPS) is 27.4. The third kappa shape index (κ3) is 17.7. The Labute approximate surface area is 362 Å². The number of hydrogen-bond donors (Lipinski definition) is 6. The molecule has 0 saturated heterocycles. The van der Waals surface area contributed by atoms with Gasteiger partial charge in [0.1, 0.15) is 6.10 Å². The van der Waals surface area contributed by atoms with Gasteiger partial charge in [-0.2, -0.15) is 39.5 Å². The molecule has 0 aromatic rings. The van der Waals surface area contributed by atoms with Crippen LogP contribution >= 0.6 is 0 Å². The first-order chi connectivity index (χ1) is 28.9. The Morgan fingerprint density at radius 2 is 1.32 bits per heavy atom. The number of nitrogens with two attached hydrogens (primary N) is 2. The molecule has 21 heteroatoms. The minimum absolute atomic E-state index is 0.0400. The molecule has 0 radical (unpaired) electrons. The maximum absolute atomic E-state index is 12.7. The zero-order valence-corrected chi connectivity index (χ0v) is 36.6. The van der Waals surface area contributed by atoms with E-state index in [2.05, 4.69) is 46.0 Å². The van der Waals surface area contributed by atoms with Crippen LogP contribution in [-0.2, 0) is 28.7 Å². The Kier molecular flexibility index (Phi) is 22.4. The monoisotopic (exact) mass is 927 g/mol. The minimum Gasteiger partial charge on any atom is -0.475 e. The number of rotatable bonds is 14. The van der Waals surface area contributed by atoms with Gasteiger partial charge in [-0.1, -0.05) is 65.5 Å². The molecule has 9 atom stereocenters. The van der Waals surface area contributed by atoms with Crippen LogP contribution in [0.5, 0.6) is 0 Å². The molecule has 0 heterocycles. The summed E-state index contributed by atoms with van der Waals surface area (Å²) in [5.74, 6) is -3.81. The number of fused-ring (bicyclic) bond motifs is 5. The first-order valence-corrected chi connectivity index (χ1v) is 21.3. The number of ether oxygens (including phenoxy) is 1. The highest BCUT2D eigenvalue weighted by molar-refractivity contribution is 5.79. The van der Waals surface area contributed by atoms with Gasteiger partial charge in [0.15, 0.2) is 0 Å². The molecule has 0 aromatic heterocycles. The number of nitrogens with one attached hydrogen (secondary N) is 1. The molecule has 0 aromatic carbocycles. The van der Waals surface area contributed by atoms with E-state index in [-0.39, 0.29) is 35.7 Å². The quantitative estimate of drug-likeness (QED) is 0.0550. The van der Waals surface area contributed by atoms with Crippen LogP contribution in [-0.4, -0.2) is 89.4 Å². The summed E-state index contributed by atoms with van der Waals surface area (Å²) in [6.45, 7) is 13.6. The first-order valence-electron chi connectivity index (χ1n) is 21.3. The van der Waals surface area contributed by atoms with E-state index in [4.69, 9.17) is 45.9 Å². The fourth-order valence-electron chi connectivity index (χ4n) is 10.1. The number of esters is 1. The maximum atomic E-state index is 12.7. The second-order valence-corrected chi connectivity index (χ2v) is 18.0. The van der Waals surface area contributed by atoms with Crippen molar-refractivity contribution in [3.05, 3.63) is 11.6 Å². The van der Waals surface area contributed by atoms with Crippen LogP contribution in [0.1, 0.15) is 125 Å². The van der Waals surface area contributed by atoms with E-state index >= 15 is 0 Å². The van der Waals surface area contributed by atoms with Crippen LogP contribution in [0.25, 0.3) is 0 Å². The van der Waals surface area contributed by atoms with Gasteiger partial charge in [-0.05, 0) is 111 Å². The fraction of sp³-hybridized carbons (Fsp3) is 0.833. The van der Waals surface area contributed by atoms with Gasteiger partial charge >= 0.3 is 42.4 Å². The number of amides is 1. The van der Waals surface area contributed by atoms with Crippen molar-refractivity contribution >= 4 is 29.8 Å². The second kappa shape index (κ2) is 24.6. The van der Waals surface area contributed by atoms with E-state index in [1.807, 2.05) is 0 Å². The van der Waals surface area contributed by atoms with Gasteiger partial charge in [-0.3, -0.25) is 9.59 Å². The summed E-state index contributed by atoms with van der Waals surface area (Å²) in [5, 5.41) is 24.2. The summed E-state index contributed by atoms with van der Waals surface area (Å²) in [7, 11) is 0. The predicted octanol–water partition coefficient (Wildman–Crippen LogP) is 8.66. The highest BCUT2D eigenvalue weighted by Gasteiger charge is 2.59. The molecular weight excluding hydrogens is 861 g/mol. The van der Waals surface area contributed by atoms with Crippen molar-refractivity contribution in [2.45, 2.75) is 149 Å². The topological polar surface area (TPSA) is 219 Å². The van der Waals surface area contributed by atoms with Gasteiger partial charge < -0.3 is 36.8 Å². The van der Waals surface area contributed by atoms with Gasteiger partial charge in [-0.15, -0.1) is 0 Å². The van der Waals surface area contributed by atoms with Gasteiger partial charge in [0.05, 0.1) is 12.3 Å². The van der Waals surface area contributed by atoms with E-state index in [0.717, 1.165) is 61.2 Å². The molecular formula is C42H66F9N3O9. The Morgan fingerprint density at radius 3 is 1.79 bits per heavy atom. The lowest BCUT2D eigenvalue weighted by Gasteiger charge is -2.58. The third-order valence-corrected chi connectivity index (χ3v) is 13.3. The van der Waals surface area contributed by atoms with Crippen molar-refractivity contribution in [2.24, 2.45) is 63.7 Å². The number of carboxylic acid groups (broad SMARTS) is 3. The molecule has 4 rings (SSSR count). The van der Waals surface area contributed by atoms with Crippen LogP contribution in [0.15, 0.2) is 11.6 Å². The van der Waals surface area contributed by atoms with Crippen molar-refractivity contribution in [3.8, 4) is 0 Å². The average Bonchev–Trinajstić information content (AvgIpc) is 3.52. The fourth-order valence-corrected chi connectivity index (χ4v) is 10.1. The predicted molar refractivity (Wildman–Crippen MR) is 212 cm³/mol. The second-order valence-electron chi connectivity index (χ2n) is 18.0. The molecule has 4 aliphatic carbocycles. The number of hydrogen-bond acceptors (Lipinski definition) is 8. The van der Waals surface area contributed by atoms with Crippen molar-refractivity contribution in [2.75, 3.05) is 19.6 Å². The highest BCUT2D eigenvalue weighted by Crippen LogP contribution is 2.67. The molecule has 8 N–H and O–H groups in total. The summed E-state index contributed by atoms with van der Waals surface area (Å²) in [6.07, 6.45) is 2.84. The van der Waals surface area contributed by atoms with Crippen LogP contribution in [0, 0.1) is 52.3 Å². The van der Waals surface area contributed by atoms with Crippen molar-refractivity contribution in [1.82, 2.24) is 5.32 Å². The summed E-state index contributed by atoms with van der Waals surface area (Å²) in [6, 6.07) is 0. The number of carbonyl (C=O) groups excluding carboxylic acids is 2. The van der Waals surface area contributed by atoms with Crippen molar-refractivity contribution < 1.29 is 83.5 Å². The molecule has 0 aliphatic heterocycles. The lowest BCUT2D eigenvalue weighted by Crippen LogP contribution is -2.51. The minimum atomic E-state index is -5.08. The zero-order valence-electron chi connectivity index (χ0n) is 36.6. The molecule has 5 unspecified atom stereocenters. The smallest absolute Gasteiger partial charge is 0.475 e. The molecule has 12 nitrogen and oxygen atoms in total. The molecule has 63 heavy (non-hydrogen) atoms. The Hall–Kier alpha value is -3.62.